The first-order valence-corrected chi connectivity index (χ1v) is 8.39. The molecule has 3 fully saturated rings. The molecule has 114 valence electrons. The van der Waals surface area contributed by atoms with E-state index in [1.807, 2.05) is 0 Å². The van der Waals surface area contributed by atoms with Crippen molar-refractivity contribution in [3.63, 3.8) is 0 Å². The topological polar surface area (TPSA) is 3.24 Å². The number of piperidine rings is 1. The van der Waals surface area contributed by atoms with Crippen LogP contribution in [0.2, 0.25) is 0 Å². The highest BCUT2D eigenvalue weighted by Crippen LogP contribution is 2.47. The van der Waals surface area contributed by atoms with Gasteiger partial charge in [0.15, 0.2) is 0 Å². The van der Waals surface area contributed by atoms with Crippen molar-refractivity contribution in [2.24, 2.45) is 11.8 Å². The second-order valence-corrected chi connectivity index (χ2v) is 7.22. The lowest BCUT2D eigenvalue weighted by molar-refractivity contribution is 0.110. The molecular weight excluding hydrogens is 268 g/mol. The zero-order valence-electron chi connectivity index (χ0n) is 12.4. The van der Waals surface area contributed by atoms with Crippen LogP contribution in [0.15, 0.2) is 18.2 Å². The molecule has 3 atom stereocenters. The zero-order chi connectivity index (χ0) is 14.4. The molecular formula is C18H23F2N. The van der Waals surface area contributed by atoms with Gasteiger partial charge in [-0.25, -0.2) is 8.78 Å². The number of hydrogen-bond donors (Lipinski definition) is 0. The normalized spacial score (nSPS) is 33.7. The molecule has 1 aliphatic heterocycles. The Morgan fingerprint density at radius 1 is 0.952 bits per heavy atom. The Kier molecular flexibility index (Phi) is 3.49. The number of fused-ring (bicyclic) bond motifs is 2. The minimum Gasteiger partial charge on any atom is -0.300 e. The van der Waals surface area contributed by atoms with Crippen LogP contribution in [-0.2, 0) is 0 Å². The highest BCUT2D eigenvalue weighted by atomic mass is 19.1. The van der Waals surface area contributed by atoms with Crippen LogP contribution in [0.1, 0.15) is 50.0 Å². The molecule has 0 N–H and O–H groups in total. The summed E-state index contributed by atoms with van der Waals surface area (Å²) in [6.45, 7) is 2.10. The van der Waals surface area contributed by atoms with E-state index >= 15 is 0 Å². The van der Waals surface area contributed by atoms with Crippen LogP contribution in [-0.4, -0.2) is 24.0 Å². The molecule has 0 amide bonds. The van der Waals surface area contributed by atoms with Crippen LogP contribution >= 0.6 is 0 Å². The van der Waals surface area contributed by atoms with Crippen molar-refractivity contribution in [1.82, 2.24) is 4.90 Å². The predicted molar refractivity (Wildman–Crippen MR) is 79.1 cm³/mol. The Morgan fingerprint density at radius 2 is 1.76 bits per heavy atom. The van der Waals surface area contributed by atoms with Gasteiger partial charge < -0.3 is 4.90 Å². The van der Waals surface area contributed by atoms with E-state index in [1.165, 1.54) is 43.9 Å². The second kappa shape index (κ2) is 5.35. The summed E-state index contributed by atoms with van der Waals surface area (Å²) in [5.74, 6) is 1.52. The number of nitrogens with zero attached hydrogens (tertiary/aromatic N) is 1. The van der Waals surface area contributed by atoms with Crippen molar-refractivity contribution in [3.8, 4) is 0 Å². The molecule has 3 heteroatoms. The molecule has 1 heterocycles. The second-order valence-electron chi connectivity index (χ2n) is 7.22. The minimum absolute atomic E-state index is 0.190. The third kappa shape index (κ3) is 2.50. The van der Waals surface area contributed by atoms with Crippen molar-refractivity contribution in [3.05, 3.63) is 35.4 Å². The Morgan fingerprint density at radius 3 is 2.43 bits per heavy atom. The molecule has 21 heavy (non-hydrogen) atoms. The lowest BCUT2D eigenvalue weighted by Crippen LogP contribution is -2.43. The molecule has 1 unspecified atom stereocenters. The molecule has 1 saturated heterocycles. The quantitative estimate of drug-likeness (QED) is 0.784. The van der Waals surface area contributed by atoms with E-state index in [2.05, 4.69) is 4.90 Å². The Labute approximate surface area is 125 Å². The largest absolute Gasteiger partial charge is 0.300 e. The summed E-state index contributed by atoms with van der Waals surface area (Å²) in [7, 11) is 0. The van der Waals surface area contributed by atoms with Gasteiger partial charge in [-0.05, 0) is 86.7 Å². The fourth-order valence-corrected chi connectivity index (χ4v) is 5.03. The first-order valence-electron chi connectivity index (χ1n) is 8.39. The number of halogens is 2. The highest BCUT2D eigenvalue weighted by molar-refractivity contribution is 5.23. The standard InChI is InChI=1S/C18H23F2N/c19-15-3-4-17(20)16(11-15)13-5-7-21(8-6-13)18-10-12-1-2-14(18)9-12/h3-4,11-14,18H,1-2,5-10H2/t12-,14-,18?/m0/s1. The minimum atomic E-state index is -0.318. The highest BCUT2D eigenvalue weighted by Gasteiger charge is 2.42. The van der Waals surface area contributed by atoms with Gasteiger partial charge in [0, 0.05) is 6.04 Å². The fraction of sp³-hybridized carbons (Fsp3) is 0.667. The van der Waals surface area contributed by atoms with Crippen LogP contribution in [0.4, 0.5) is 8.78 Å². The molecule has 0 aromatic heterocycles. The van der Waals surface area contributed by atoms with Crippen molar-refractivity contribution < 1.29 is 8.78 Å². The molecule has 2 bridgehead atoms. The lowest BCUT2D eigenvalue weighted by Gasteiger charge is -2.39. The fourth-order valence-electron chi connectivity index (χ4n) is 5.03. The average molecular weight is 291 g/mol. The lowest BCUT2D eigenvalue weighted by atomic mass is 9.86. The van der Waals surface area contributed by atoms with Gasteiger partial charge in [0.1, 0.15) is 11.6 Å². The summed E-state index contributed by atoms with van der Waals surface area (Å²) in [6, 6.07) is 4.66. The van der Waals surface area contributed by atoms with Gasteiger partial charge in [-0.2, -0.15) is 0 Å². The Hall–Kier alpha value is -0.960. The van der Waals surface area contributed by atoms with E-state index in [9.17, 15) is 8.78 Å². The molecule has 2 aliphatic carbocycles. The van der Waals surface area contributed by atoms with Gasteiger partial charge in [0.25, 0.3) is 0 Å². The number of benzene rings is 1. The van der Waals surface area contributed by atoms with Crippen LogP contribution < -0.4 is 0 Å². The van der Waals surface area contributed by atoms with Crippen LogP contribution in [0.5, 0.6) is 0 Å². The van der Waals surface area contributed by atoms with Crippen molar-refractivity contribution >= 4 is 0 Å². The van der Waals surface area contributed by atoms with Crippen molar-refractivity contribution in [2.45, 2.75) is 50.5 Å². The summed E-state index contributed by atoms with van der Waals surface area (Å²) in [6.07, 6.45) is 7.59. The SMILES string of the molecule is Fc1ccc(F)c(C2CCN(C3C[C@H]4CC[C@H]3C4)CC2)c1. The van der Waals surface area contributed by atoms with E-state index in [0.29, 0.717) is 5.56 Å². The predicted octanol–water partition coefficient (Wildman–Crippen LogP) is 4.33. The number of rotatable bonds is 2. The average Bonchev–Trinajstić information content (AvgIpc) is 3.13. The number of likely N-dealkylation sites (tertiary alicyclic amines) is 1. The van der Waals surface area contributed by atoms with E-state index in [0.717, 1.165) is 43.8 Å². The van der Waals surface area contributed by atoms with E-state index in [-0.39, 0.29) is 17.6 Å². The smallest absolute Gasteiger partial charge is 0.126 e. The first kappa shape index (κ1) is 13.7. The summed E-state index contributed by atoms with van der Waals surface area (Å²) in [5.41, 5.74) is 0.586. The van der Waals surface area contributed by atoms with Crippen LogP contribution in [0.25, 0.3) is 0 Å². The number of hydrogen-bond acceptors (Lipinski definition) is 1. The van der Waals surface area contributed by atoms with Crippen LogP contribution in [0.3, 0.4) is 0 Å². The summed E-state index contributed by atoms with van der Waals surface area (Å²) in [4.78, 5) is 2.64. The maximum absolute atomic E-state index is 13.9. The monoisotopic (exact) mass is 291 g/mol. The van der Waals surface area contributed by atoms with Gasteiger partial charge in [0.2, 0.25) is 0 Å². The van der Waals surface area contributed by atoms with Gasteiger partial charge in [-0.3, -0.25) is 0 Å². The molecule has 1 aromatic rings. The molecule has 0 spiro atoms. The first-order chi connectivity index (χ1) is 10.2. The van der Waals surface area contributed by atoms with Gasteiger partial charge in [0.05, 0.1) is 0 Å². The molecule has 2 saturated carbocycles. The van der Waals surface area contributed by atoms with Gasteiger partial charge in [-0.1, -0.05) is 6.42 Å². The van der Waals surface area contributed by atoms with Crippen molar-refractivity contribution in [1.29, 1.82) is 0 Å². The molecule has 0 radical (unpaired) electrons. The van der Waals surface area contributed by atoms with E-state index < -0.39 is 0 Å². The maximum Gasteiger partial charge on any atom is 0.126 e. The third-order valence-electron chi connectivity index (χ3n) is 6.10. The van der Waals surface area contributed by atoms with Crippen LogP contribution in [0, 0.1) is 23.5 Å². The summed E-state index contributed by atoms with van der Waals surface area (Å²) >= 11 is 0. The zero-order valence-corrected chi connectivity index (χ0v) is 12.4. The Balaban J connectivity index is 1.41. The van der Waals surface area contributed by atoms with E-state index in [4.69, 9.17) is 0 Å². The maximum atomic E-state index is 13.9. The molecule has 1 nitrogen and oxygen atoms in total. The summed E-state index contributed by atoms with van der Waals surface area (Å²) in [5, 5.41) is 0. The Bertz CT molecular complexity index is 522. The summed E-state index contributed by atoms with van der Waals surface area (Å²) < 4.78 is 27.2. The van der Waals surface area contributed by atoms with E-state index in [1.54, 1.807) is 0 Å². The molecule has 3 aliphatic rings. The van der Waals surface area contributed by atoms with Crippen molar-refractivity contribution in [2.75, 3.05) is 13.1 Å². The van der Waals surface area contributed by atoms with Gasteiger partial charge in [-0.15, -0.1) is 0 Å². The third-order valence-corrected chi connectivity index (χ3v) is 6.10. The molecule has 1 aromatic carbocycles. The molecule has 4 rings (SSSR count). The van der Waals surface area contributed by atoms with Gasteiger partial charge >= 0.3 is 0 Å².